The van der Waals surface area contributed by atoms with Crippen LogP contribution in [0.25, 0.3) is 0 Å². The van der Waals surface area contributed by atoms with E-state index >= 15 is 0 Å². The van der Waals surface area contributed by atoms with Crippen molar-refractivity contribution in [3.8, 4) is 5.75 Å². The number of benzene rings is 1. The first kappa shape index (κ1) is 16.2. The van der Waals surface area contributed by atoms with Crippen molar-refractivity contribution in [1.29, 1.82) is 0 Å². The molecule has 1 fully saturated rings. The predicted octanol–water partition coefficient (Wildman–Crippen LogP) is 2.44. The maximum Gasteiger partial charge on any atom is 0.387 e. The van der Waals surface area contributed by atoms with Crippen LogP contribution in [0.15, 0.2) is 24.3 Å². The van der Waals surface area contributed by atoms with Gasteiger partial charge in [0.25, 0.3) is 5.91 Å². The molecule has 2 rings (SSSR count). The van der Waals surface area contributed by atoms with Gasteiger partial charge in [-0.05, 0) is 12.1 Å². The van der Waals surface area contributed by atoms with Gasteiger partial charge in [-0.15, -0.1) is 0 Å². The lowest BCUT2D eigenvalue weighted by Gasteiger charge is -2.34. The fourth-order valence-corrected chi connectivity index (χ4v) is 2.81. The Hall–Kier alpha value is -1.21. The molecule has 0 unspecified atom stereocenters. The highest BCUT2D eigenvalue weighted by atomic mass is 79.9. The van der Waals surface area contributed by atoms with E-state index in [4.69, 9.17) is 0 Å². The molecule has 1 amide bonds. The number of nitrogens with zero attached hydrogens (tertiary/aromatic N) is 2. The number of alkyl halides is 3. The van der Waals surface area contributed by atoms with Crippen LogP contribution >= 0.6 is 15.9 Å². The molecular formula is C14H17BrF2N2O2. The summed E-state index contributed by atoms with van der Waals surface area (Å²) in [6.07, 6.45) is 0. The van der Waals surface area contributed by atoms with Crippen LogP contribution in [0.3, 0.4) is 0 Å². The number of carbonyl (C=O) groups excluding carboxylic acids is 1. The van der Waals surface area contributed by atoms with Crippen LogP contribution in [0, 0.1) is 0 Å². The number of ether oxygens (including phenoxy) is 1. The van der Waals surface area contributed by atoms with E-state index in [1.807, 2.05) is 0 Å². The summed E-state index contributed by atoms with van der Waals surface area (Å²) in [6, 6.07) is 6.13. The number of rotatable bonds is 5. The molecule has 0 spiro atoms. The Bertz CT molecular complexity index is 480. The molecule has 116 valence electrons. The Kier molecular flexibility index (Phi) is 5.93. The third-order valence-electron chi connectivity index (χ3n) is 3.39. The summed E-state index contributed by atoms with van der Waals surface area (Å²) in [6.45, 7) is 0.760. The molecule has 0 aliphatic carbocycles. The van der Waals surface area contributed by atoms with Crippen LogP contribution in [0.5, 0.6) is 5.75 Å². The highest BCUT2D eigenvalue weighted by Crippen LogP contribution is 2.22. The largest absolute Gasteiger partial charge is 0.434 e. The molecule has 1 aliphatic rings. The van der Waals surface area contributed by atoms with E-state index in [1.165, 1.54) is 12.1 Å². The van der Waals surface area contributed by atoms with Gasteiger partial charge in [-0.3, -0.25) is 9.69 Å². The summed E-state index contributed by atoms with van der Waals surface area (Å²) in [4.78, 5) is 16.4. The number of hydrogen-bond acceptors (Lipinski definition) is 3. The standard InChI is InChI=1S/C14H17BrF2N2O2/c15-5-6-18-7-9-19(10-8-18)13(20)11-3-1-2-4-12(11)21-14(16)17/h1-4,14H,5-10H2. The molecule has 1 saturated heterocycles. The second kappa shape index (κ2) is 7.70. The highest BCUT2D eigenvalue weighted by molar-refractivity contribution is 9.09. The molecule has 1 heterocycles. The lowest BCUT2D eigenvalue weighted by molar-refractivity contribution is -0.0503. The second-order valence-electron chi connectivity index (χ2n) is 4.70. The molecule has 21 heavy (non-hydrogen) atoms. The Labute approximate surface area is 130 Å². The first-order chi connectivity index (χ1) is 10.1. The SMILES string of the molecule is O=C(c1ccccc1OC(F)F)N1CCN(CCBr)CC1. The molecular weight excluding hydrogens is 346 g/mol. The molecule has 1 aliphatic heterocycles. The Morgan fingerprint density at radius 1 is 1.24 bits per heavy atom. The van der Waals surface area contributed by atoms with Gasteiger partial charge in [0.2, 0.25) is 0 Å². The van der Waals surface area contributed by atoms with Crippen LogP contribution in [-0.2, 0) is 0 Å². The van der Waals surface area contributed by atoms with Gasteiger partial charge in [-0.2, -0.15) is 8.78 Å². The van der Waals surface area contributed by atoms with Crippen molar-refractivity contribution in [3.63, 3.8) is 0 Å². The minimum absolute atomic E-state index is 0.0691. The van der Waals surface area contributed by atoms with E-state index in [2.05, 4.69) is 25.6 Å². The quantitative estimate of drug-likeness (QED) is 0.754. The fourth-order valence-electron chi connectivity index (χ4n) is 2.31. The maximum atomic E-state index is 12.4. The summed E-state index contributed by atoms with van der Waals surface area (Å²) in [7, 11) is 0. The third kappa shape index (κ3) is 4.38. The van der Waals surface area contributed by atoms with Crippen molar-refractivity contribution in [1.82, 2.24) is 9.80 Å². The smallest absolute Gasteiger partial charge is 0.387 e. The zero-order chi connectivity index (χ0) is 15.2. The maximum absolute atomic E-state index is 12.4. The minimum atomic E-state index is -2.94. The van der Waals surface area contributed by atoms with Gasteiger partial charge in [0, 0.05) is 38.1 Å². The van der Waals surface area contributed by atoms with Crippen molar-refractivity contribution in [3.05, 3.63) is 29.8 Å². The van der Waals surface area contributed by atoms with Crippen molar-refractivity contribution in [2.45, 2.75) is 6.61 Å². The van der Waals surface area contributed by atoms with Crippen molar-refractivity contribution < 1.29 is 18.3 Å². The van der Waals surface area contributed by atoms with E-state index in [-0.39, 0.29) is 17.2 Å². The number of para-hydroxylation sites is 1. The summed E-state index contributed by atoms with van der Waals surface area (Å²) in [5, 5.41) is 0.895. The van der Waals surface area contributed by atoms with E-state index in [1.54, 1.807) is 17.0 Å². The zero-order valence-corrected chi connectivity index (χ0v) is 13.1. The summed E-state index contributed by atoms with van der Waals surface area (Å²) in [5.74, 6) is -0.329. The van der Waals surface area contributed by atoms with Crippen LogP contribution in [0.4, 0.5) is 8.78 Å². The summed E-state index contributed by atoms with van der Waals surface area (Å²) >= 11 is 3.39. The molecule has 4 nitrogen and oxygen atoms in total. The Balaban J connectivity index is 2.04. The first-order valence-corrected chi connectivity index (χ1v) is 7.85. The molecule has 7 heteroatoms. The lowest BCUT2D eigenvalue weighted by Crippen LogP contribution is -2.49. The molecule has 0 radical (unpaired) electrons. The zero-order valence-electron chi connectivity index (χ0n) is 11.5. The molecule has 0 saturated carbocycles. The molecule has 0 bridgehead atoms. The Morgan fingerprint density at radius 2 is 1.90 bits per heavy atom. The van der Waals surface area contributed by atoms with Gasteiger partial charge in [0.1, 0.15) is 5.75 Å². The van der Waals surface area contributed by atoms with Crippen LogP contribution in [0.2, 0.25) is 0 Å². The van der Waals surface area contributed by atoms with Crippen LogP contribution in [-0.4, -0.2) is 60.4 Å². The van der Waals surface area contributed by atoms with Crippen LogP contribution < -0.4 is 4.74 Å². The number of hydrogen-bond donors (Lipinski definition) is 0. The summed E-state index contributed by atoms with van der Waals surface area (Å²) < 4.78 is 29.2. The molecule has 0 aromatic heterocycles. The summed E-state index contributed by atoms with van der Waals surface area (Å²) in [5.41, 5.74) is 0.187. The predicted molar refractivity (Wildman–Crippen MR) is 79.2 cm³/mol. The van der Waals surface area contributed by atoms with Gasteiger partial charge in [0.05, 0.1) is 5.56 Å². The van der Waals surface area contributed by atoms with Gasteiger partial charge in [-0.1, -0.05) is 28.1 Å². The van der Waals surface area contributed by atoms with Gasteiger partial charge in [-0.25, -0.2) is 0 Å². The van der Waals surface area contributed by atoms with Gasteiger partial charge < -0.3 is 9.64 Å². The molecule has 1 aromatic carbocycles. The first-order valence-electron chi connectivity index (χ1n) is 6.73. The fraction of sp³-hybridized carbons (Fsp3) is 0.500. The van der Waals surface area contributed by atoms with E-state index < -0.39 is 6.61 Å². The number of amides is 1. The van der Waals surface area contributed by atoms with Crippen molar-refractivity contribution in [2.24, 2.45) is 0 Å². The highest BCUT2D eigenvalue weighted by Gasteiger charge is 2.24. The normalized spacial score (nSPS) is 16.3. The monoisotopic (exact) mass is 362 g/mol. The van der Waals surface area contributed by atoms with E-state index in [0.717, 1.165) is 25.0 Å². The molecule has 0 atom stereocenters. The van der Waals surface area contributed by atoms with Crippen molar-refractivity contribution >= 4 is 21.8 Å². The number of carbonyl (C=O) groups is 1. The van der Waals surface area contributed by atoms with E-state index in [9.17, 15) is 13.6 Å². The average Bonchev–Trinajstić information content (AvgIpc) is 2.48. The van der Waals surface area contributed by atoms with Crippen LogP contribution in [0.1, 0.15) is 10.4 Å². The number of halogens is 3. The lowest BCUT2D eigenvalue weighted by atomic mass is 10.1. The number of piperazine rings is 1. The van der Waals surface area contributed by atoms with E-state index in [0.29, 0.717) is 13.1 Å². The average molecular weight is 363 g/mol. The topological polar surface area (TPSA) is 32.8 Å². The second-order valence-corrected chi connectivity index (χ2v) is 5.49. The van der Waals surface area contributed by atoms with Gasteiger partial charge in [0.15, 0.2) is 0 Å². The minimum Gasteiger partial charge on any atom is -0.434 e. The van der Waals surface area contributed by atoms with Crippen molar-refractivity contribution in [2.75, 3.05) is 38.1 Å². The Morgan fingerprint density at radius 3 is 2.52 bits per heavy atom. The third-order valence-corrected chi connectivity index (χ3v) is 3.75. The molecule has 1 aromatic rings. The van der Waals surface area contributed by atoms with Gasteiger partial charge >= 0.3 is 6.61 Å². The molecule has 0 N–H and O–H groups in total.